The fraction of sp³-hybridized carbons (Fsp3) is 0.381. The van der Waals surface area contributed by atoms with Gasteiger partial charge in [-0.15, -0.1) is 0 Å². The van der Waals surface area contributed by atoms with Gasteiger partial charge in [-0.1, -0.05) is 12.1 Å². The quantitative estimate of drug-likeness (QED) is 0.770. The van der Waals surface area contributed by atoms with Gasteiger partial charge in [0, 0.05) is 12.2 Å². The van der Waals surface area contributed by atoms with Gasteiger partial charge in [0.05, 0.1) is 17.7 Å². The molecule has 1 aliphatic rings. The smallest absolute Gasteiger partial charge is 0.416 e. The Bertz CT molecular complexity index is 799. The number of nitrogens with one attached hydrogen (secondary N) is 1. The maximum atomic E-state index is 12.9. The van der Waals surface area contributed by atoms with Crippen molar-refractivity contribution in [1.29, 1.82) is 0 Å². The minimum absolute atomic E-state index is 0.108. The molecule has 150 valence electrons. The van der Waals surface area contributed by atoms with Gasteiger partial charge in [0.1, 0.15) is 12.4 Å². The van der Waals surface area contributed by atoms with Crippen molar-refractivity contribution >= 4 is 5.91 Å². The van der Waals surface area contributed by atoms with Crippen LogP contribution in [-0.4, -0.2) is 25.2 Å². The van der Waals surface area contributed by atoms with E-state index >= 15 is 0 Å². The number of alkyl halides is 3. The van der Waals surface area contributed by atoms with Gasteiger partial charge in [0.25, 0.3) is 5.91 Å². The van der Waals surface area contributed by atoms with Crippen LogP contribution >= 0.6 is 0 Å². The number of rotatable bonds is 6. The van der Waals surface area contributed by atoms with Crippen LogP contribution in [-0.2, 0) is 10.9 Å². The van der Waals surface area contributed by atoms with Crippen molar-refractivity contribution in [3.05, 3.63) is 65.2 Å². The molecule has 3 rings (SSSR count). The van der Waals surface area contributed by atoms with Crippen LogP contribution in [0, 0.1) is 0 Å². The van der Waals surface area contributed by atoms with Crippen LogP contribution < -0.4 is 10.1 Å². The zero-order valence-electron chi connectivity index (χ0n) is 15.5. The van der Waals surface area contributed by atoms with E-state index in [1.807, 2.05) is 0 Å². The summed E-state index contributed by atoms with van der Waals surface area (Å²) in [6.07, 6.45) is -2.29. The molecule has 0 bridgehead atoms. The average molecular weight is 393 g/mol. The summed E-state index contributed by atoms with van der Waals surface area (Å²) >= 11 is 0. The molecule has 0 aliphatic carbocycles. The molecule has 1 amide bonds. The third-order valence-corrected chi connectivity index (χ3v) is 4.64. The molecular weight excluding hydrogens is 371 g/mol. The molecule has 2 aromatic rings. The van der Waals surface area contributed by atoms with Gasteiger partial charge >= 0.3 is 6.18 Å². The minimum Gasteiger partial charge on any atom is -0.491 e. The van der Waals surface area contributed by atoms with Crippen molar-refractivity contribution in [2.24, 2.45) is 0 Å². The lowest BCUT2D eigenvalue weighted by Gasteiger charge is -2.16. The lowest BCUT2D eigenvalue weighted by molar-refractivity contribution is -0.137. The second kappa shape index (κ2) is 8.65. The molecule has 0 radical (unpaired) electrons. The van der Waals surface area contributed by atoms with E-state index in [1.165, 1.54) is 6.07 Å². The van der Waals surface area contributed by atoms with Crippen LogP contribution in [0.2, 0.25) is 0 Å². The molecule has 1 aliphatic heterocycles. The first kappa shape index (κ1) is 20.2. The molecule has 28 heavy (non-hydrogen) atoms. The second-order valence-electron chi connectivity index (χ2n) is 6.79. The van der Waals surface area contributed by atoms with Crippen molar-refractivity contribution in [3.8, 4) is 5.75 Å². The molecule has 0 saturated carbocycles. The van der Waals surface area contributed by atoms with E-state index < -0.39 is 17.8 Å². The minimum atomic E-state index is -4.42. The number of hydrogen-bond acceptors (Lipinski definition) is 3. The highest BCUT2D eigenvalue weighted by Gasteiger charge is 2.30. The number of benzene rings is 2. The summed E-state index contributed by atoms with van der Waals surface area (Å²) in [4.78, 5) is 12.4. The second-order valence-corrected chi connectivity index (χ2v) is 6.79. The fourth-order valence-corrected chi connectivity index (χ4v) is 3.02. The van der Waals surface area contributed by atoms with Gasteiger partial charge in [-0.3, -0.25) is 4.79 Å². The normalized spacial score (nSPS) is 17.9. The Hall–Kier alpha value is -2.54. The summed E-state index contributed by atoms with van der Waals surface area (Å²) in [5, 5.41) is 2.72. The Morgan fingerprint density at radius 2 is 2.00 bits per heavy atom. The number of halogens is 3. The Labute approximate surface area is 161 Å². The first-order chi connectivity index (χ1) is 13.3. The van der Waals surface area contributed by atoms with Crippen LogP contribution in [0.4, 0.5) is 13.2 Å². The highest BCUT2D eigenvalue weighted by atomic mass is 19.4. The van der Waals surface area contributed by atoms with Crippen molar-refractivity contribution < 1.29 is 27.4 Å². The van der Waals surface area contributed by atoms with Gasteiger partial charge in [0.2, 0.25) is 0 Å². The van der Waals surface area contributed by atoms with E-state index in [-0.39, 0.29) is 12.0 Å². The maximum absolute atomic E-state index is 12.9. The third-order valence-electron chi connectivity index (χ3n) is 4.64. The molecule has 4 nitrogen and oxygen atoms in total. The van der Waals surface area contributed by atoms with Crippen LogP contribution in [0.1, 0.15) is 47.3 Å². The summed E-state index contributed by atoms with van der Waals surface area (Å²) in [6, 6.07) is 11.0. The van der Waals surface area contributed by atoms with Crippen molar-refractivity contribution in [2.45, 2.75) is 38.1 Å². The molecule has 1 saturated heterocycles. The Balaban J connectivity index is 1.58. The van der Waals surface area contributed by atoms with Crippen LogP contribution in [0.5, 0.6) is 5.75 Å². The zero-order chi connectivity index (χ0) is 20.1. The number of ether oxygens (including phenoxy) is 2. The number of hydrogen-bond donors (Lipinski definition) is 1. The van der Waals surface area contributed by atoms with E-state index in [9.17, 15) is 18.0 Å². The first-order valence-electron chi connectivity index (χ1n) is 9.15. The fourth-order valence-electron chi connectivity index (χ4n) is 3.02. The monoisotopic (exact) mass is 393 g/mol. The lowest BCUT2D eigenvalue weighted by Crippen LogP contribution is -2.26. The Morgan fingerprint density at radius 3 is 2.64 bits per heavy atom. The predicted octanol–water partition coefficient (Wildman–Crippen LogP) is 4.75. The van der Waals surface area contributed by atoms with Gasteiger partial charge in [-0.2, -0.15) is 13.2 Å². The van der Waals surface area contributed by atoms with Gasteiger partial charge < -0.3 is 14.8 Å². The summed E-state index contributed by atoms with van der Waals surface area (Å²) < 4.78 is 49.7. The molecule has 1 fully saturated rings. The average Bonchev–Trinajstić information content (AvgIpc) is 3.20. The van der Waals surface area contributed by atoms with Crippen molar-refractivity contribution in [1.82, 2.24) is 5.32 Å². The van der Waals surface area contributed by atoms with E-state index in [2.05, 4.69) is 5.32 Å². The highest BCUT2D eigenvalue weighted by Crippen LogP contribution is 2.30. The molecular formula is C21H22F3NO3. The lowest BCUT2D eigenvalue weighted by atomic mass is 10.0. The number of carbonyl (C=O) groups is 1. The van der Waals surface area contributed by atoms with Crippen molar-refractivity contribution in [2.75, 3.05) is 13.2 Å². The number of amides is 1. The molecule has 1 N–H and O–H groups in total. The summed E-state index contributed by atoms with van der Waals surface area (Å²) in [5.74, 6) is 0.272. The van der Waals surface area contributed by atoms with E-state index in [1.54, 1.807) is 37.3 Å². The van der Waals surface area contributed by atoms with Gasteiger partial charge in [-0.05, 0) is 61.7 Å². The molecule has 2 atom stereocenters. The predicted molar refractivity (Wildman–Crippen MR) is 98.2 cm³/mol. The van der Waals surface area contributed by atoms with E-state index in [0.717, 1.165) is 31.6 Å². The van der Waals surface area contributed by atoms with Crippen molar-refractivity contribution in [3.63, 3.8) is 0 Å². The molecule has 0 spiro atoms. The van der Waals surface area contributed by atoms with E-state index in [4.69, 9.17) is 9.47 Å². The molecule has 0 aromatic heterocycles. The zero-order valence-corrected chi connectivity index (χ0v) is 15.5. The summed E-state index contributed by atoms with van der Waals surface area (Å²) in [5.41, 5.74) is 0.0572. The van der Waals surface area contributed by atoms with Crippen LogP contribution in [0.25, 0.3) is 0 Å². The van der Waals surface area contributed by atoms with Crippen LogP contribution in [0.3, 0.4) is 0 Å². The summed E-state index contributed by atoms with van der Waals surface area (Å²) in [6.45, 7) is 2.88. The van der Waals surface area contributed by atoms with E-state index in [0.29, 0.717) is 23.5 Å². The largest absolute Gasteiger partial charge is 0.491 e. The molecule has 7 heteroatoms. The maximum Gasteiger partial charge on any atom is 0.416 e. The molecule has 2 aromatic carbocycles. The van der Waals surface area contributed by atoms with Crippen LogP contribution in [0.15, 0.2) is 48.5 Å². The number of carbonyl (C=O) groups excluding carboxylic acids is 1. The SMILES string of the molecule is C[C@@H](NC(=O)c1ccc(OC[C@H]2CCCO2)cc1)c1cccc(C(F)(F)F)c1. The topological polar surface area (TPSA) is 47.6 Å². The molecule has 1 heterocycles. The first-order valence-corrected chi connectivity index (χ1v) is 9.15. The highest BCUT2D eigenvalue weighted by molar-refractivity contribution is 5.94. The van der Waals surface area contributed by atoms with Gasteiger partial charge in [-0.25, -0.2) is 0 Å². The Morgan fingerprint density at radius 1 is 1.25 bits per heavy atom. The van der Waals surface area contributed by atoms with Gasteiger partial charge in [0.15, 0.2) is 0 Å². The molecule has 0 unspecified atom stereocenters. The Kier molecular flexibility index (Phi) is 6.24. The standard InChI is InChI=1S/C21H22F3NO3/c1-14(16-4-2-5-17(12-16)21(22,23)24)25-20(26)15-7-9-18(10-8-15)28-13-19-6-3-11-27-19/h2,4-5,7-10,12,14,19H,3,6,11,13H2,1H3,(H,25,26)/t14-,19-/m1/s1. The summed E-state index contributed by atoms with van der Waals surface area (Å²) in [7, 11) is 0. The third kappa shape index (κ3) is 5.25.